The maximum atomic E-state index is 5.68. The molecule has 0 saturated heterocycles. The molecule has 0 fully saturated rings. The van der Waals surface area contributed by atoms with E-state index in [9.17, 15) is 0 Å². The highest BCUT2D eigenvalue weighted by molar-refractivity contribution is 5.59. The Morgan fingerprint density at radius 1 is 0.895 bits per heavy atom. The van der Waals surface area contributed by atoms with Gasteiger partial charge in [-0.2, -0.15) is 5.11 Å². The van der Waals surface area contributed by atoms with Gasteiger partial charge in [-0.25, -0.2) is 0 Å². The molecule has 5 nitrogen and oxygen atoms in total. The highest BCUT2D eigenvalue weighted by atomic mass is 16.5. The van der Waals surface area contributed by atoms with Gasteiger partial charge in [-0.3, -0.25) is 0 Å². The van der Waals surface area contributed by atoms with Gasteiger partial charge in [0.25, 0.3) is 0 Å². The minimum atomic E-state index is 0.595. The molecule has 0 atom stereocenters. The van der Waals surface area contributed by atoms with Crippen LogP contribution in [0.4, 0.5) is 17.1 Å². The number of nitrogen functional groups attached to an aromatic ring is 1. The van der Waals surface area contributed by atoms with Crippen molar-refractivity contribution in [3.8, 4) is 11.5 Å². The van der Waals surface area contributed by atoms with Gasteiger partial charge in [0.05, 0.1) is 19.9 Å². The van der Waals surface area contributed by atoms with Crippen LogP contribution in [0.15, 0.2) is 52.7 Å². The smallest absolute Gasteiger partial charge is 0.148 e. The van der Waals surface area contributed by atoms with Gasteiger partial charge in [0.1, 0.15) is 17.2 Å². The van der Waals surface area contributed by atoms with Crippen molar-refractivity contribution < 1.29 is 9.47 Å². The SMILES string of the molecule is COc1ccc(/N=N/c2ccc(N)cc2OC)cc1. The van der Waals surface area contributed by atoms with Crippen molar-refractivity contribution in [3.05, 3.63) is 42.5 Å². The van der Waals surface area contributed by atoms with Crippen LogP contribution in [0.3, 0.4) is 0 Å². The second-order valence-corrected chi connectivity index (χ2v) is 3.83. The van der Waals surface area contributed by atoms with E-state index in [-0.39, 0.29) is 0 Å². The first kappa shape index (κ1) is 12.9. The first-order chi connectivity index (χ1) is 9.22. The molecule has 0 aliphatic carbocycles. The molecule has 98 valence electrons. The maximum Gasteiger partial charge on any atom is 0.148 e. The number of benzene rings is 2. The molecule has 0 aromatic heterocycles. The molecule has 0 unspecified atom stereocenters. The summed E-state index contributed by atoms with van der Waals surface area (Å²) >= 11 is 0. The lowest BCUT2D eigenvalue weighted by Gasteiger charge is -2.04. The normalized spacial score (nSPS) is 10.6. The summed E-state index contributed by atoms with van der Waals surface area (Å²) in [5.74, 6) is 1.38. The second kappa shape index (κ2) is 5.86. The minimum absolute atomic E-state index is 0.595. The van der Waals surface area contributed by atoms with Gasteiger partial charge in [0, 0.05) is 11.8 Å². The van der Waals surface area contributed by atoms with E-state index in [2.05, 4.69) is 10.2 Å². The minimum Gasteiger partial charge on any atom is -0.497 e. The first-order valence-electron chi connectivity index (χ1n) is 5.72. The van der Waals surface area contributed by atoms with Gasteiger partial charge in [0.2, 0.25) is 0 Å². The van der Waals surface area contributed by atoms with Crippen molar-refractivity contribution in [2.75, 3.05) is 20.0 Å². The average molecular weight is 257 g/mol. The fraction of sp³-hybridized carbons (Fsp3) is 0.143. The van der Waals surface area contributed by atoms with Crippen LogP contribution >= 0.6 is 0 Å². The van der Waals surface area contributed by atoms with E-state index in [4.69, 9.17) is 15.2 Å². The highest BCUT2D eigenvalue weighted by Crippen LogP contribution is 2.31. The Labute approximate surface area is 111 Å². The largest absolute Gasteiger partial charge is 0.497 e. The summed E-state index contributed by atoms with van der Waals surface area (Å²) in [7, 11) is 3.19. The molecule has 0 radical (unpaired) electrons. The summed E-state index contributed by atoms with van der Waals surface area (Å²) in [5, 5.41) is 8.29. The molecule has 0 aliphatic heterocycles. The monoisotopic (exact) mass is 257 g/mol. The second-order valence-electron chi connectivity index (χ2n) is 3.83. The summed E-state index contributed by atoms with van der Waals surface area (Å²) in [6.07, 6.45) is 0. The van der Waals surface area contributed by atoms with Crippen LogP contribution in [0.5, 0.6) is 11.5 Å². The molecule has 0 heterocycles. The molecular formula is C14H15N3O2. The van der Waals surface area contributed by atoms with Gasteiger partial charge in [0.15, 0.2) is 0 Å². The van der Waals surface area contributed by atoms with Crippen molar-refractivity contribution in [1.29, 1.82) is 0 Å². The molecule has 2 aromatic carbocycles. The zero-order valence-electron chi connectivity index (χ0n) is 10.8. The zero-order chi connectivity index (χ0) is 13.7. The van der Waals surface area contributed by atoms with Crippen molar-refractivity contribution in [3.63, 3.8) is 0 Å². The first-order valence-corrected chi connectivity index (χ1v) is 5.72. The molecule has 19 heavy (non-hydrogen) atoms. The van der Waals surface area contributed by atoms with Gasteiger partial charge < -0.3 is 15.2 Å². The van der Waals surface area contributed by atoms with Crippen LogP contribution in [-0.4, -0.2) is 14.2 Å². The molecular weight excluding hydrogens is 242 g/mol. The topological polar surface area (TPSA) is 69.2 Å². The Bertz CT molecular complexity index is 580. The third-order valence-electron chi connectivity index (χ3n) is 2.55. The lowest BCUT2D eigenvalue weighted by atomic mass is 10.2. The molecule has 0 spiro atoms. The predicted octanol–water partition coefficient (Wildman–Crippen LogP) is 3.70. The lowest BCUT2D eigenvalue weighted by molar-refractivity contribution is 0.414. The standard InChI is InChI=1S/C14H15N3O2/c1-18-12-6-4-11(5-7-12)16-17-13-8-3-10(15)9-14(13)19-2/h3-9H,15H2,1-2H3/b17-16+. The van der Waals surface area contributed by atoms with Gasteiger partial charge in [-0.1, -0.05) is 0 Å². The summed E-state index contributed by atoms with van der Waals surface area (Å²) in [6, 6.07) is 12.5. The van der Waals surface area contributed by atoms with E-state index in [1.165, 1.54) is 0 Å². The molecule has 2 N–H and O–H groups in total. The molecule has 2 rings (SSSR count). The Kier molecular flexibility index (Phi) is 3.97. The molecule has 2 aromatic rings. The summed E-state index contributed by atoms with van der Waals surface area (Å²) < 4.78 is 10.3. The van der Waals surface area contributed by atoms with E-state index in [1.807, 2.05) is 24.3 Å². The van der Waals surface area contributed by atoms with E-state index in [1.54, 1.807) is 32.4 Å². The predicted molar refractivity (Wildman–Crippen MR) is 74.6 cm³/mol. The Balaban J connectivity index is 2.21. The Morgan fingerprint density at radius 3 is 2.26 bits per heavy atom. The van der Waals surface area contributed by atoms with E-state index in [0.29, 0.717) is 17.1 Å². The van der Waals surface area contributed by atoms with Gasteiger partial charge >= 0.3 is 0 Å². The fourth-order valence-electron chi connectivity index (χ4n) is 1.54. The molecule has 0 aliphatic rings. The number of rotatable bonds is 4. The number of nitrogens with zero attached hydrogens (tertiary/aromatic N) is 2. The van der Waals surface area contributed by atoms with Crippen LogP contribution in [0, 0.1) is 0 Å². The number of hydrogen-bond acceptors (Lipinski definition) is 5. The van der Waals surface area contributed by atoms with E-state index in [0.717, 1.165) is 11.4 Å². The third-order valence-corrected chi connectivity index (χ3v) is 2.55. The van der Waals surface area contributed by atoms with Crippen molar-refractivity contribution in [1.82, 2.24) is 0 Å². The number of methoxy groups -OCH3 is 2. The average Bonchev–Trinajstić information content (AvgIpc) is 2.46. The van der Waals surface area contributed by atoms with Crippen LogP contribution in [0.1, 0.15) is 0 Å². The van der Waals surface area contributed by atoms with Crippen LogP contribution in [0.25, 0.3) is 0 Å². The molecule has 0 amide bonds. The number of nitrogens with two attached hydrogens (primary N) is 1. The Morgan fingerprint density at radius 2 is 1.63 bits per heavy atom. The van der Waals surface area contributed by atoms with Crippen molar-refractivity contribution in [2.24, 2.45) is 10.2 Å². The van der Waals surface area contributed by atoms with Crippen LogP contribution in [-0.2, 0) is 0 Å². The number of anilines is 1. The molecule has 5 heteroatoms. The van der Waals surface area contributed by atoms with E-state index < -0.39 is 0 Å². The van der Waals surface area contributed by atoms with E-state index >= 15 is 0 Å². The third kappa shape index (κ3) is 3.22. The molecule has 0 bridgehead atoms. The highest BCUT2D eigenvalue weighted by Gasteiger charge is 2.02. The fourth-order valence-corrected chi connectivity index (χ4v) is 1.54. The number of azo groups is 1. The number of hydrogen-bond donors (Lipinski definition) is 1. The van der Waals surface area contributed by atoms with Gasteiger partial charge in [-0.15, -0.1) is 5.11 Å². The quantitative estimate of drug-likeness (QED) is 0.670. The Hall–Kier alpha value is -2.56. The van der Waals surface area contributed by atoms with Crippen LogP contribution in [0.2, 0.25) is 0 Å². The number of ether oxygens (including phenoxy) is 2. The van der Waals surface area contributed by atoms with Gasteiger partial charge in [-0.05, 0) is 36.4 Å². The lowest BCUT2D eigenvalue weighted by Crippen LogP contribution is -1.87. The summed E-state index contributed by atoms with van der Waals surface area (Å²) in [6.45, 7) is 0. The van der Waals surface area contributed by atoms with Crippen molar-refractivity contribution >= 4 is 17.1 Å². The summed E-state index contributed by atoms with van der Waals surface area (Å²) in [4.78, 5) is 0. The summed E-state index contributed by atoms with van der Waals surface area (Å²) in [5.41, 5.74) is 7.67. The van der Waals surface area contributed by atoms with Crippen LogP contribution < -0.4 is 15.2 Å². The zero-order valence-corrected chi connectivity index (χ0v) is 10.8. The molecule has 0 saturated carbocycles. The van der Waals surface area contributed by atoms with Crippen molar-refractivity contribution in [2.45, 2.75) is 0 Å². The maximum absolute atomic E-state index is 5.68.